The van der Waals surface area contributed by atoms with Gasteiger partial charge in [-0.1, -0.05) is 29.3 Å². The molecular formula is C14H17NS. The lowest BCUT2D eigenvalue weighted by molar-refractivity contribution is 0.881. The van der Waals surface area contributed by atoms with Crippen LogP contribution in [0.1, 0.15) is 33.2 Å². The van der Waals surface area contributed by atoms with E-state index >= 15 is 0 Å². The largest absolute Gasteiger partial charge is 0.320 e. The van der Waals surface area contributed by atoms with Crippen molar-refractivity contribution in [2.24, 2.45) is 5.73 Å². The van der Waals surface area contributed by atoms with Gasteiger partial charge in [-0.2, -0.15) is 0 Å². The van der Waals surface area contributed by atoms with Gasteiger partial charge in [-0.3, -0.25) is 0 Å². The van der Waals surface area contributed by atoms with Crippen molar-refractivity contribution in [3.05, 3.63) is 56.8 Å². The van der Waals surface area contributed by atoms with Crippen LogP contribution in [0.2, 0.25) is 0 Å². The molecule has 1 atom stereocenters. The number of aryl methyl sites for hydroxylation is 3. The van der Waals surface area contributed by atoms with Crippen LogP contribution in [0.25, 0.3) is 0 Å². The molecule has 0 spiro atoms. The van der Waals surface area contributed by atoms with E-state index in [9.17, 15) is 0 Å². The Morgan fingerprint density at radius 2 is 1.69 bits per heavy atom. The van der Waals surface area contributed by atoms with Crippen molar-refractivity contribution in [2.75, 3.05) is 0 Å². The molecule has 1 heterocycles. The van der Waals surface area contributed by atoms with Crippen molar-refractivity contribution in [2.45, 2.75) is 26.8 Å². The Kier molecular flexibility index (Phi) is 3.13. The maximum atomic E-state index is 6.31. The van der Waals surface area contributed by atoms with E-state index in [1.165, 1.54) is 27.1 Å². The summed E-state index contributed by atoms with van der Waals surface area (Å²) in [5, 5.41) is 2.10. The van der Waals surface area contributed by atoms with Crippen LogP contribution in [0, 0.1) is 20.8 Å². The van der Waals surface area contributed by atoms with Gasteiger partial charge >= 0.3 is 0 Å². The number of benzene rings is 1. The molecule has 0 saturated carbocycles. The number of hydrogen-bond acceptors (Lipinski definition) is 2. The highest BCUT2D eigenvalue weighted by atomic mass is 32.1. The summed E-state index contributed by atoms with van der Waals surface area (Å²) in [6, 6.07) is 8.67. The zero-order valence-corrected chi connectivity index (χ0v) is 10.8. The second kappa shape index (κ2) is 4.40. The van der Waals surface area contributed by atoms with Crippen molar-refractivity contribution >= 4 is 11.3 Å². The first-order chi connectivity index (χ1) is 7.58. The molecule has 0 aliphatic rings. The predicted octanol–water partition coefficient (Wildman–Crippen LogP) is 3.72. The van der Waals surface area contributed by atoms with Crippen LogP contribution in [0.4, 0.5) is 0 Å². The van der Waals surface area contributed by atoms with Gasteiger partial charge in [0.05, 0.1) is 6.04 Å². The number of nitrogens with two attached hydrogens (primary N) is 1. The molecule has 1 aromatic heterocycles. The van der Waals surface area contributed by atoms with E-state index in [1.54, 1.807) is 11.3 Å². The molecule has 16 heavy (non-hydrogen) atoms. The van der Waals surface area contributed by atoms with E-state index in [4.69, 9.17) is 5.73 Å². The molecule has 0 saturated heterocycles. The molecular weight excluding hydrogens is 214 g/mol. The monoisotopic (exact) mass is 231 g/mol. The summed E-state index contributed by atoms with van der Waals surface area (Å²) in [4.78, 5) is 1.27. The van der Waals surface area contributed by atoms with Gasteiger partial charge in [0.2, 0.25) is 0 Å². The molecule has 0 aliphatic heterocycles. The summed E-state index contributed by atoms with van der Waals surface area (Å²) in [7, 11) is 0. The summed E-state index contributed by atoms with van der Waals surface area (Å²) in [5.41, 5.74) is 11.4. The van der Waals surface area contributed by atoms with E-state index < -0.39 is 0 Å². The summed E-state index contributed by atoms with van der Waals surface area (Å²) >= 11 is 1.74. The van der Waals surface area contributed by atoms with E-state index in [0.717, 1.165) is 0 Å². The highest BCUT2D eigenvalue weighted by Crippen LogP contribution is 2.28. The second-order valence-corrected chi connectivity index (χ2v) is 5.31. The molecule has 1 aromatic carbocycles. The summed E-state index contributed by atoms with van der Waals surface area (Å²) < 4.78 is 0. The van der Waals surface area contributed by atoms with Gasteiger partial charge in [-0.05, 0) is 43.3 Å². The third-order valence-corrected chi connectivity index (χ3v) is 3.89. The fraction of sp³-hybridized carbons (Fsp3) is 0.286. The van der Waals surface area contributed by atoms with Gasteiger partial charge in [0, 0.05) is 4.88 Å². The van der Waals surface area contributed by atoms with Gasteiger partial charge < -0.3 is 5.73 Å². The topological polar surface area (TPSA) is 26.0 Å². The zero-order chi connectivity index (χ0) is 11.7. The Morgan fingerprint density at radius 3 is 2.19 bits per heavy atom. The average molecular weight is 231 g/mol. The van der Waals surface area contributed by atoms with E-state index in [1.807, 2.05) is 0 Å². The lowest BCUT2D eigenvalue weighted by atomic mass is 9.99. The Morgan fingerprint density at radius 1 is 1.06 bits per heavy atom. The van der Waals surface area contributed by atoms with Crippen LogP contribution in [-0.2, 0) is 0 Å². The summed E-state index contributed by atoms with van der Waals surface area (Å²) in [6.45, 7) is 6.35. The molecule has 0 bridgehead atoms. The van der Waals surface area contributed by atoms with E-state index in [-0.39, 0.29) is 6.04 Å². The van der Waals surface area contributed by atoms with Crippen molar-refractivity contribution in [3.63, 3.8) is 0 Å². The van der Waals surface area contributed by atoms with Gasteiger partial charge in [0.1, 0.15) is 0 Å². The van der Waals surface area contributed by atoms with Crippen molar-refractivity contribution in [3.8, 4) is 0 Å². The first kappa shape index (κ1) is 11.4. The van der Waals surface area contributed by atoms with Crippen molar-refractivity contribution in [1.82, 2.24) is 0 Å². The van der Waals surface area contributed by atoms with E-state index in [2.05, 4.69) is 50.4 Å². The minimum atomic E-state index is 0.0126. The van der Waals surface area contributed by atoms with Crippen LogP contribution in [0.15, 0.2) is 29.6 Å². The minimum Gasteiger partial charge on any atom is -0.320 e. The van der Waals surface area contributed by atoms with Crippen LogP contribution in [-0.4, -0.2) is 0 Å². The lowest BCUT2D eigenvalue weighted by Crippen LogP contribution is -2.11. The number of hydrogen-bond donors (Lipinski definition) is 1. The Balaban J connectivity index is 2.41. The van der Waals surface area contributed by atoms with Gasteiger partial charge in [-0.15, -0.1) is 11.3 Å². The van der Waals surface area contributed by atoms with Crippen LogP contribution < -0.4 is 5.73 Å². The molecule has 2 heteroatoms. The maximum absolute atomic E-state index is 6.31. The summed E-state index contributed by atoms with van der Waals surface area (Å²) in [6.07, 6.45) is 0. The highest BCUT2D eigenvalue weighted by molar-refractivity contribution is 7.10. The van der Waals surface area contributed by atoms with Gasteiger partial charge in [0.15, 0.2) is 0 Å². The molecule has 0 amide bonds. The molecule has 1 nitrogen and oxygen atoms in total. The molecule has 1 unspecified atom stereocenters. The zero-order valence-electron chi connectivity index (χ0n) is 9.95. The molecule has 2 aromatic rings. The molecule has 0 fully saturated rings. The van der Waals surface area contributed by atoms with Crippen molar-refractivity contribution < 1.29 is 0 Å². The quantitative estimate of drug-likeness (QED) is 0.837. The summed E-state index contributed by atoms with van der Waals surface area (Å²) in [5.74, 6) is 0. The molecule has 2 rings (SSSR count). The molecule has 2 N–H and O–H groups in total. The first-order valence-electron chi connectivity index (χ1n) is 5.45. The fourth-order valence-corrected chi connectivity index (χ4v) is 3.00. The molecule has 84 valence electrons. The number of rotatable bonds is 2. The minimum absolute atomic E-state index is 0.0126. The molecule has 0 radical (unpaired) electrons. The first-order valence-corrected chi connectivity index (χ1v) is 6.33. The van der Waals surface area contributed by atoms with Gasteiger partial charge in [-0.25, -0.2) is 0 Å². The smallest absolute Gasteiger partial charge is 0.0648 e. The number of thiophene rings is 1. The van der Waals surface area contributed by atoms with Gasteiger partial charge in [0.25, 0.3) is 0 Å². The lowest BCUT2D eigenvalue weighted by Gasteiger charge is -2.13. The SMILES string of the molecule is Cc1cc(C)cc(C(N)c2sccc2C)c1. The second-order valence-electron chi connectivity index (χ2n) is 4.37. The third kappa shape index (κ3) is 2.18. The van der Waals surface area contributed by atoms with Crippen LogP contribution in [0.3, 0.4) is 0 Å². The van der Waals surface area contributed by atoms with Crippen LogP contribution in [0.5, 0.6) is 0 Å². The average Bonchev–Trinajstić information content (AvgIpc) is 2.62. The van der Waals surface area contributed by atoms with E-state index in [0.29, 0.717) is 0 Å². The standard InChI is InChI=1S/C14H17NS/c1-9-6-10(2)8-12(7-9)13(15)14-11(3)4-5-16-14/h4-8,13H,15H2,1-3H3. The normalized spacial score (nSPS) is 12.8. The van der Waals surface area contributed by atoms with Crippen LogP contribution >= 0.6 is 11.3 Å². The third-order valence-electron chi connectivity index (χ3n) is 2.79. The Hall–Kier alpha value is -1.12. The Labute approximate surface area is 101 Å². The predicted molar refractivity (Wildman–Crippen MR) is 71.0 cm³/mol. The Bertz CT molecular complexity index is 479. The molecule has 0 aliphatic carbocycles. The fourth-order valence-electron chi connectivity index (χ4n) is 2.04. The highest BCUT2D eigenvalue weighted by Gasteiger charge is 2.13. The van der Waals surface area contributed by atoms with Crippen molar-refractivity contribution in [1.29, 1.82) is 0 Å². The maximum Gasteiger partial charge on any atom is 0.0648 e.